The minimum atomic E-state index is -2.85. The monoisotopic (exact) mass is 254 g/mol. The molecule has 0 heterocycles. The van der Waals surface area contributed by atoms with Crippen molar-refractivity contribution in [1.82, 2.24) is 0 Å². The van der Waals surface area contributed by atoms with Crippen molar-refractivity contribution in [2.45, 2.75) is 13.3 Å². The topological polar surface area (TPSA) is 34.1 Å². The summed E-state index contributed by atoms with van der Waals surface area (Å²) in [6.45, 7) is 5.67. The van der Waals surface area contributed by atoms with Gasteiger partial charge in [-0.2, -0.15) is 0 Å². The lowest BCUT2D eigenvalue weighted by molar-refractivity contribution is 0.474. The Morgan fingerprint density at radius 2 is 2.08 bits per heavy atom. The van der Waals surface area contributed by atoms with Crippen molar-refractivity contribution in [3.05, 3.63) is 12.7 Å². The van der Waals surface area contributed by atoms with E-state index in [0.717, 1.165) is 5.33 Å². The molecule has 0 bridgehead atoms. The van der Waals surface area contributed by atoms with Gasteiger partial charge in [-0.05, 0) is 11.8 Å². The van der Waals surface area contributed by atoms with Gasteiger partial charge in [0.2, 0.25) is 0 Å². The van der Waals surface area contributed by atoms with Gasteiger partial charge in [0.1, 0.15) is 9.84 Å². The Morgan fingerprint density at radius 3 is 2.33 bits per heavy atom. The molecular formula is C8H15BrO2S. The molecule has 0 rings (SSSR count). The average molecular weight is 255 g/mol. The summed E-state index contributed by atoms with van der Waals surface area (Å²) in [7, 11) is -2.85. The molecule has 0 aromatic carbocycles. The fourth-order valence-corrected chi connectivity index (χ4v) is 1.99. The van der Waals surface area contributed by atoms with Crippen LogP contribution in [0.25, 0.3) is 0 Å². The van der Waals surface area contributed by atoms with Crippen LogP contribution < -0.4 is 0 Å². The van der Waals surface area contributed by atoms with Crippen LogP contribution in [0.1, 0.15) is 13.3 Å². The quantitative estimate of drug-likeness (QED) is 0.556. The molecule has 72 valence electrons. The summed E-state index contributed by atoms with van der Waals surface area (Å²) < 4.78 is 21.7. The summed E-state index contributed by atoms with van der Waals surface area (Å²) in [5, 5.41) is 0.749. The van der Waals surface area contributed by atoms with Crippen molar-refractivity contribution in [3.8, 4) is 0 Å². The summed E-state index contributed by atoms with van der Waals surface area (Å²) >= 11 is 3.33. The Kier molecular flexibility index (Phi) is 4.48. The first kappa shape index (κ1) is 12.2. The number of sulfone groups is 1. The Bertz CT molecular complexity index is 246. The predicted octanol–water partition coefficient (Wildman–Crippen LogP) is 2.01. The molecular weight excluding hydrogens is 240 g/mol. The van der Waals surface area contributed by atoms with Crippen LogP contribution in [0.2, 0.25) is 0 Å². The van der Waals surface area contributed by atoms with Crippen molar-refractivity contribution in [2.75, 3.05) is 17.3 Å². The summed E-state index contributed by atoms with van der Waals surface area (Å²) in [4.78, 5) is 0. The normalized spacial score (nSPS) is 16.9. The van der Waals surface area contributed by atoms with Gasteiger partial charge in [-0.1, -0.05) is 28.9 Å². The molecule has 0 aromatic rings. The van der Waals surface area contributed by atoms with Crippen LogP contribution in [0, 0.1) is 5.41 Å². The van der Waals surface area contributed by atoms with Gasteiger partial charge in [0, 0.05) is 11.6 Å². The van der Waals surface area contributed by atoms with Gasteiger partial charge >= 0.3 is 0 Å². The highest BCUT2D eigenvalue weighted by Gasteiger charge is 2.20. The Hall–Kier alpha value is 0.170. The SMILES string of the molecule is C=CC(C)(CBr)CCS(C)(=O)=O. The second-order valence-electron chi connectivity index (χ2n) is 3.37. The summed E-state index contributed by atoms with van der Waals surface area (Å²) in [6, 6.07) is 0. The molecule has 0 aromatic heterocycles. The first-order chi connectivity index (χ1) is 5.33. The van der Waals surface area contributed by atoms with Crippen molar-refractivity contribution >= 4 is 25.8 Å². The highest BCUT2D eigenvalue weighted by atomic mass is 79.9. The van der Waals surface area contributed by atoms with E-state index in [0.29, 0.717) is 6.42 Å². The molecule has 4 heteroatoms. The highest BCUT2D eigenvalue weighted by Crippen LogP contribution is 2.25. The van der Waals surface area contributed by atoms with E-state index in [1.165, 1.54) is 6.26 Å². The van der Waals surface area contributed by atoms with Crippen molar-refractivity contribution in [2.24, 2.45) is 5.41 Å². The van der Waals surface area contributed by atoms with Crippen molar-refractivity contribution in [1.29, 1.82) is 0 Å². The molecule has 1 atom stereocenters. The maximum absolute atomic E-state index is 10.9. The summed E-state index contributed by atoms with van der Waals surface area (Å²) in [5.41, 5.74) is -0.108. The maximum Gasteiger partial charge on any atom is 0.147 e. The zero-order valence-electron chi connectivity index (χ0n) is 7.51. The van der Waals surface area contributed by atoms with Crippen molar-refractivity contribution in [3.63, 3.8) is 0 Å². The van der Waals surface area contributed by atoms with E-state index in [-0.39, 0.29) is 11.2 Å². The second kappa shape index (κ2) is 4.42. The third-order valence-corrected chi connectivity index (χ3v) is 4.07. The fourth-order valence-electron chi connectivity index (χ4n) is 0.642. The van der Waals surface area contributed by atoms with E-state index in [1.54, 1.807) is 6.08 Å². The number of alkyl halides is 1. The average Bonchev–Trinajstić information content (AvgIpc) is 1.99. The molecule has 0 fully saturated rings. The third kappa shape index (κ3) is 4.93. The number of hydrogen-bond donors (Lipinski definition) is 0. The minimum absolute atomic E-state index is 0.108. The first-order valence-corrected chi connectivity index (χ1v) is 6.88. The van der Waals surface area contributed by atoms with Gasteiger partial charge in [0.05, 0.1) is 5.75 Å². The van der Waals surface area contributed by atoms with Crippen LogP contribution in [-0.2, 0) is 9.84 Å². The van der Waals surface area contributed by atoms with Gasteiger partial charge in [-0.15, -0.1) is 6.58 Å². The zero-order valence-corrected chi connectivity index (χ0v) is 9.91. The summed E-state index contributed by atoms with van der Waals surface area (Å²) in [5.74, 6) is 0.223. The number of allylic oxidation sites excluding steroid dienone is 1. The first-order valence-electron chi connectivity index (χ1n) is 3.70. The van der Waals surface area contributed by atoms with Gasteiger partial charge < -0.3 is 0 Å². The lowest BCUT2D eigenvalue weighted by Gasteiger charge is -2.21. The highest BCUT2D eigenvalue weighted by molar-refractivity contribution is 9.09. The lowest BCUT2D eigenvalue weighted by Crippen LogP contribution is -2.19. The van der Waals surface area contributed by atoms with Crippen LogP contribution >= 0.6 is 15.9 Å². The molecule has 1 unspecified atom stereocenters. The van der Waals surface area contributed by atoms with Crippen LogP contribution in [0.5, 0.6) is 0 Å². The van der Waals surface area contributed by atoms with Gasteiger partial charge in [0.15, 0.2) is 0 Å². The fraction of sp³-hybridized carbons (Fsp3) is 0.750. The van der Waals surface area contributed by atoms with Crippen LogP contribution in [0.4, 0.5) is 0 Å². The standard InChI is InChI=1S/C8H15BrO2S/c1-4-8(2,7-9)5-6-12(3,10)11/h4H,1,5-7H2,2-3H3. The number of rotatable bonds is 5. The van der Waals surface area contributed by atoms with E-state index >= 15 is 0 Å². The molecule has 0 aliphatic heterocycles. The minimum Gasteiger partial charge on any atom is -0.229 e. The molecule has 0 saturated carbocycles. The van der Waals surface area contributed by atoms with Crippen LogP contribution in [0.15, 0.2) is 12.7 Å². The smallest absolute Gasteiger partial charge is 0.147 e. The Balaban J connectivity index is 4.16. The van der Waals surface area contributed by atoms with E-state index in [4.69, 9.17) is 0 Å². The molecule has 0 radical (unpaired) electrons. The zero-order chi connectivity index (χ0) is 9.83. The molecule has 0 amide bonds. The molecule has 0 spiro atoms. The van der Waals surface area contributed by atoms with E-state index < -0.39 is 9.84 Å². The summed E-state index contributed by atoms with van der Waals surface area (Å²) in [6.07, 6.45) is 3.68. The molecule has 2 nitrogen and oxygen atoms in total. The third-order valence-electron chi connectivity index (χ3n) is 1.84. The van der Waals surface area contributed by atoms with Crippen LogP contribution in [-0.4, -0.2) is 25.8 Å². The van der Waals surface area contributed by atoms with Gasteiger partial charge in [0.25, 0.3) is 0 Å². The Labute approximate surface area is 83.1 Å². The predicted molar refractivity (Wildman–Crippen MR) is 56.4 cm³/mol. The van der Waals surface area contributed by atoms with E-state index in [9.17, 15) is 8.42 Å². The molecule has 12 heavy (non-hydrogen) atoms. The molecule has 0 aliphatic carbocycles. The van der Waals surface area contributed by atoms with Crippen LogP contribution in [0.3, 0.4) is 0 Å². The van der Waals surface area contributed by atoms with E-state index in [1.807, 2.05) is 6.92 Å². The van der Waals surface area contributed by atoms with E-state index in [2.05, 4.69) is 22.5 Å². The second-order valence-corrected chi connectivity index (χ2v) is 6.19. The van der Waals surface area contributed by atoms with Gasteiger partial charge in [-0.3, -0.25) is 0 Å². The number of halogens is 1. The van der Waals surface area contributed by atoms with Gasteiger partial charge in [-0.25, -0.2) is 8.42 Å². The van der Waals surface area contributed by atoms with Crippen molar-refractivity contribution < 1.29 is 8.42 Å². The number of hydrogen-bond acceptors (Lipinski definition) is 2. The Morgan fingerprint density at radius 1 is 1.58 bits per heavy atom. The molecule has 0 N–H and O–H groups in total. The molecule has 0 saturated heterocycles. The molecule has 0 aliphatic rings. The lowest BCUT2D eigenvalue weighted by atomic mass is 9.91. The largest absolute Gasteiger partial charge is 0.229 e. The maximum atomic E-state index is 10.9.